The highest BCUT2D eigenvalue weighted by atomic mass is 35.5. The molecule has 0 spiro atoms. The Bertz CT molecular complexity index is 358. The summed E-state index contributed by atoms with van der Waals surface area (Å²) >= 11 is 5.69. The van der Waals surface area contributed by atoms with Gasteiger partial charge in [0.1, 0.15) is 11.6 Å². The Labute approximate surface area is 98.6 Å². The van der Waals surface area contributed by atoms with Crippen molar-refractivity contribution in [2.24, 2.45) is 11.5 Å². The first-order chi connectivity index (χ1) is 7.57. The van der Waals surface area contributed by atoms with E-state index in [1.165, 1.54) is 0 Å². The quantitative estimate of drug-likeness (QED) is 0.622. The standard InChI is InChI=1S/C11H15ClF2N2/c12-11-8(14)5-4-7(13)10(11)9(16)3-1-2-6-15/h4-5,9H,1-3,6,15-16H2/t9-/m0/s1. The van der Waals surface area contributed by atoms with E-state index in [0.717, 1.165) is 25.0 Å². The molecule has 0 heterocycles. The normalized spacial score (nSPS) is 12.8. The van der Waals surface area contributed by atoms with Crippen molar-refractivity contribution in [2.45, 2.75) is 25.3 Å². The summed E-state index contributed by atoms with van der Waals surface area (Å²) in [5.74, 6) is -1.21. The molecule has 0 unspecified atom stereocenters. The maximum Gasteiger partial charge on any atom is 0.142 e. The molecule has 0 radical (unpaired) electrons. The first-order valence-electron chi connectivity index (χ1n) is 5.17. The van der Waals surface area contributed by atoms with Crippen molar-refractivity contribution in [1.29, 1.82) is 0 Å². The minimum absolute atomic E-state index is 0.0543. The Morgan fingerprint density at radius 1 is 1.19 bits per heavy atom. The van der Waals surface area contributed by atoms with Crippen molar-refractivity contribution < 1.29 is 8.78 Å². The largest absolute Gasteiger partial charge is 0.330 e. The molecule has 1 aromatic carbocycles. The molecule has 4 N–H and O–H groups in total. The lowest BCUT2D eigenvalue weighted by molar-refractivity contribution is 0.532. The van der Waals surface area contributed by atoms with Crippen LogP contribution in [0.2, 0.25) is 5.02 Å². The lowest BCUT2D eigenvalue weighted by Gasteiger charge is -2.14. The monoisotopic (exact) mass is 248 g/mol. The summed E-state index contributed by atoms with van der Waals surface area (Å²) < 4.78 is 26.6. The van der Waals surface area contributed by atoms with Crippen molar-refractivity contribution >= 4 is 11.6 Å². The number of unbranched alkanes of at least 4 members (excludes halogenated alkanes) is 1. The van der Waals surface area contributed by atoms with E-state index in [0.29, 0.717) is 13.0 Å². The van der Waals surface area contributed by atoms with Gasteiger partial charge in [0.05, 0.1) is 5.02 Å². The van der Waals surface area contributed by atoms with Gasteiger partial charge in [-0.15, -0.1) is 0 Å². The second-order valence-corrected chi connectivity index (χ2v) is 4.03. The van der Waals surface area contributed by atoms with Gasteiger partial charge in [-0.3, -0.25) is 0 Å². The third-order valence-corrected chi connectivity index (χ3v) is 2.80. The van der Waals surface area contributed by atoms with Gasteiger partial charge in [-0.05, 0) is 31.5 Å². The first kappa shape index (κ1) is 13.4. The third-order valence-electron chi connectivity index (χ3n) is 2.42. The zero-order chi connectivity index (χ0) is 12.1. The smallest absolute Gasteiger partial charge is 0.142 e. The molecule has 0 saturated heterocycles. The Balaban J connectivity index is 2.81. The number of nitrogens with two attached hydrogens (primary N) is 2. The maximum atomic E-state index is 13.4. The van der Waals surface area contributed by atoms with Gasteiger partial charge in [0.25, 0.3) is 0 Å². The van der Waals surface area contributed by atoms with Crippen LogP contribution in [0.4, 0.5) is 8.78 Å². The van der Waals surface area contributed by atoms with Crippen LogP contribution in [0.15, 0.2) is 12.1 Å². The Hall–Kier alpha value is -0.710. The topological polar surface area (TPSA) is 52.0 Å². The molecule has 0 fully saturated rings. The summed E-state index contributed by atoms with van der Waals surface area (Å²) in [5, 5.41) is -0.222. The van der Waals surface area contributed by atoms with Crippen LogP contribution in [0, 0.1) is 11.6 Å². The molecule has 0 aliphatic heterocycles. The highest BCUT2D eigenvalue weighted by molar-refractivity contribution is 6.31. The van der Waals surface area contributed by atoms with Crippen LogP contribution in [0.5, 0.6) is 0 Å². The van der Waals surface area contributed by atoms with Crippen LogP contribution >= 0.6 is 11.6 Å². The van der Waals surface area contributed by atoms with E-state index >= 15 is 0 Å². The highest BCUT2D eigenvalue weighted by Crippen LogP contribution is 2.29. The molecular formula is C11H15ClF2N2. The predicted octanol–water partition coefficient (Wildman–Crippen LogP) is 2.75. The lowest BCUT2D eigenvalue weighted by Crippen LogP contribution is -2.14. The number of hydrogen-bond donors (Lipinski definition) is 2. The molecule has 0 amide bonds. The van der Waals surface area contributed by atoms with E-state index in [1.54, 1.807) is 0 Å². The maximum absolute atomic E-state index is 13.4. The number of rotatable bonds is 5. The molecule has 0 aliphatic rings. The molecule has 5 heteroatoms. The zero-order valence-electron chi connectivity index (χ0n) is 8.85. The summed E-state index contributed by atoms with van der Waals surface area (Å²) in [4.78, 5) is 0. The first-order valence-corrected chi connectivity index (χ1v) is 5.54. The molecule has 0 aliphatic carbocycles. The van der Waals surface area contributed by atoms with E-state index < -0.39 is 17.7 Å². The fraction of sp³-hybridized carbons (Fsp3) is 0.455. The van der Waals surface area contributed by atoms with Crippen LogP contribution in [0.25, 0.3) is 0 Å². The van der Waals surface area contributed by atoms with Gasteiger partial charge in [-0.2, -0.15) is 0 Å². The Morgan fingerprint density at radius 3 is 2.44 bits per heavy atom. The molecule has 0 saturated carbocycles. The molecule has 2 nitrogen and oxygen atoms in total. The van der Waals surface area contributed by atoms with E-state index in [1.807, 2.05) is 0 Å². The second kappa shape index (κ2) is 6.13. The van der Waals surface area contributed by atoms with Gasteiger partial charge in [0.15, 0.2) is 0 Å². The molecule has 16 heavy (non-hydrogen) atoms. The van der Waals surface area contributed by atoms with Crippen molar-refractivity contribution in [3.8, 4) is 0 Å². The summed E-state index contributed by atoms with van der Waals surface area (Å²) in [7, 11) is 0. The summed E-state index contributed by atoms with van der Waals surface area (Å²) in [6.07, 6.45) is 2.11. The fourth-order valence-electron chi connectivity index (χ4n) is 1.54. The summed E-state index contributed by atoms with van der Waals surface area (Å²) in [5.41, 5.74) is 11.2. The number of halogens is 3. The average Bonchev–Trinajstić information content (AvgIpc) is 2.24. The molecule has 0 aromatic heterocycles. The van der Waals surface area contributed by atoms with Crippen molar-refractivity contribution in [2.75, 3.05) is 6.54 Å². The zero-order valence-corrected chi connectivity index (χ0v) is 9.61. The number of hydrogen-bond acceptors (Lipinski definition) is 2. The van der Waals surface area contributed by atoms with Crippen molar-refractivity contribution in [1.82, 2.24) is 0 Å². The van der Waals surface area contributed by atoms with Gasteiger partial charge in [0.2, 0.25) is 0 Å². The number of benzene rings is 1. The SMILES string of the molecule is NCCCC[C@H](N)c1c(F)ccc(F)c1Cl. The molecule has 0 bridgehead atoms. The lowest BCUT2D eigenvalue weighted by atomic mass is 10.0. The summed E-state index contributed by atoms with van der Waals surface area (Å²) in [6.45, 7) is 0.562. The van der Waals surface area contributed by atoms with Gasteiger partial charge in [-0.25, -0.2) is 8.78 Å². The van der Waals surface area contributed by atoms with E-state index in [-0.39, 0.29) is 10.6 Å². The van der Waals surface area contributed by atoms with Crippen molar-refractivity contribution in [3.05, 3.63) is 34.4 Å². The van der Waals surface area contributed by atoms with E-state index in [9.17, 15) is 8.78 Å². The van der Waals surface area contributed by atoms with Gasteiger partial charge in [0, 0.05) is 11.6 Å². The Kier molecular flexibility index (Phi) is 5.12. The molecular weight excluding hydrogens is 234 g/mol. The van der Waals surface area contributed by atoms with Crippen LogP contribution in [-0.4, -0.2) is 6.54 Å². The third kappa shape index (κ3) is 3.14. The van der Waals surface area contributed by atoms with Crippen LogP contribution < -0.4 is 11.5 Å². The minimum Gasteiger partial charge on any atom is -0.330 e. The fourth-order valence-corrected chi connectivity index (χ4v) is 1.83. The van der Waals surface area contributed by atoms with Crippen LogP contribution in [-0.2, 0) is 0 Å². The van der Waals surface area contributed by atoms with Crippen molar-refractivity contribution in [3.63, 3.8) is 0 Å². The second-order valence-electron chi connectivity index (χ2n) is 3.65. The molecule has 90 valence electrons. The predicted molar refractivity (Wildman–Crippen MR) is 61.2 cm³/mol. The molecule has 1 aromatic rings. The van der Waals surface area contributed by atoms with Gasteiger partial charge in [-0.1, -0.05) is 18.0 Å². The minimum atomic E-state index is -0.646. The van der Waals surface area contributed by atoms with Crippen LogP contribution in [0.3, 0.4) is 0 Å². The molecule has 1 rings (SSSR count). The average molecular weight is 249 g/mol. The van der Waals surface area contributed by atoms with Gasteiger partial charge >= 0.3 is 0 Å². The van der Waals surface area contributed by atoms with E-state index in [2.05, 4.69) is 0 Å². The Morgan fingerprint density at radius 2 is 1.81 bits per heavy atom. The summed E-state index contributed by atoms with van der Waals surface area (Å²) in [6, 6.07) is 1.45. The van der Waals surface area contributed by atoms with Gasteiger partial charge < -0.3 is 11.5 Å². The van der Waals surface area contributed by atoms with E-state index in [4.69, 9.17) is 23.1 Å². The highest BCUT2D eigenvalue weighted by Gasteiger charge is 2.17. The van der Waals surface area contributed by atoms with Crippen LogP contribution in [0.1, 0.15) is 30.9 Å². The molecule has 1 atom stereocenters.